The standard InChI is InChI=1S/C12H23N3O/c1-3-15(4-2)8-7-14-12(11-13)5-9-16-10-6-12/h14H,3-10H2,1-2H3. The first kappa shape index (κ1) is 13.4. The Kier molecular flexibility index (Phi) is 5.75. The van der Waals surface area contributed by atoms with Gasteiger partial charge in [-0.3, -0.25) is 5.32 Å². The third-order valence-electron chi connectivity index (χ3n) is 3.35. The predicted molar refractivity (Wildman–Crippen MR) is 64.2 cm³/mol. The summed E-state index contributed by atoms with van der Waals surface area (Å²) in [5.74, 6) is 0. The molecule has 1 aliphatic rings. The van der Waals surface area contributed by atoms with Crippen LogP contribution in [0.2, 0.25) is 0 Å². The van der Waals surface area contributed by atoms with Gasteiger partial charge in [-0.2, -0.15) is 5.26 Å². The van der Waals surface area contributed by atoms with Gasteiger partial charge in [0.1, 0.15) is 5.54 Å². The van der Waals surface area contributed by atoms with Gasteiger partial charge in [0.2, 0.25) is 0 Å². The highest BCUT2D eigenvalue weighted by Crippen LogP contribution is 2.19. The smallest absolute Gasteiger partial charge is 0.111 e. The highest BCUT2D eigenvalue weighted by atomic mass is 16.5. The lowest BCUT2D eigenvalue weighted by atomic mass is 9.92. The van der Waals surface area contributed by atoms with E-state index >= 15 is 0 Å². The molecule has 0 aromatic heterocycles. The third-order valence-corrected chi connectivity index (χ3v) is 3.35. The summed E-state index contributed by atoms with van der Waals surface area (Å²) in [6.07, 6.45) is 1.61. The van der Waals surface area contributed by atoms with Crippen molar-refractivity contribution in [3.8, 4) is 6.07 Å². The molecule has 1 N–H and O–H groups in total. The van der Waals surface area contributed by atoms with E-state index in [2.05, 4.69) is 30.1 Å². The van der Waals surface area contributed by atoms with Gasteiger partial charge < -0.3 is 9.64 Å². The van der Waals surface area contributed by atoms with Crippen LogP contribution in [0, 0.1) is 11.3 Å². The first-order valence-electron chi connectivity index (χ1n) is 6.22. The number of nitrogens with zero attached hydrogens (tertiary/aromatic N) is 2. The molecule has 0 radical (unpaired) electrons. The summed E-state index contributed by atoms with van der Waals surface area (Å²) in [5, 5.41) is 12.6. The number of nitrogens with one attached hydrogen (secondary N) is 1. The van der Waals surface area contributed by atoms with E-state index in [1.54, 1.807) is 0 Å². The second-order valence-electron chi connectivity index (χ2n) is 4.26. The lowest BCUT2D eigenvalue weighted by molar-refractivity contribution is 0.0571. The fraction of sp³-hybridized carbons (Fsp3) is 0.917. The molecule has 1 heterocycles. The van der Waals surface area contributed by atoms with Gasteiger partial charge in [0, 0.05) is 39.1 Å². The van der Waals surface area contributed by atoms with Crippen molar-refractivity contribution in [3.63, 3.8) is 0 Å². The zero-order valence-corrected chi connectivity index (χ0v) is 10.5. The van der Waals surface area contributed by atoms with Crippen LogP contribution in [-0.4, -0.2) is 49.8 Å². The van der Waals surface area contributed by atoms with Gasteiger partial charge >= 0.3 is 0 Å². The summed E-state index contributed by atoms with van der Waals surface area (Å²) in [6.45, 7) is 9.77. The number of ether oxygens (including phenoxy) is 1. The average Bonchev–Trinajstić information content (AvgIpc) is 2.36. The van der Waals surface area contributed by atoms with E-state index in [9.17, 15) is 5.26 Å². The molecule has 0 bridgehead atoms. The van der Waals surface area contributed by atoms with Crippen LogP contribution in [0.5, 0.6) is 0 Å². The summed E-state index contributed by atoms with van der Waals surface area (Å²) in [6, 6.07) is 2.42. The van der Waals surface area contributed by atoms with Crippen molar-refractivity contribution in [1.82, 2.24) is 10.2 Å². The molecule has 92 valence electrons. The highest BCUT2D eigenvalue weighted by molar-refractivity contribution is 5.08. The molecule has 0 atom stereocenters. The van der Waals surface area contributed by atoms with Crippen molar-refractivity contribution in [2.45, 2.75) is 32.2 Å². The van der Waals surface area contributed by atoms with E-state index in [-0.39, 0.29) is 5.54 Å². The molecule has 0 aromatic carbocycles. The van der Waals surface area contributed by atoms with Crippen molar-refractivity contribution in [1.29, 1.82) is 5.26 Å². The summed E-state index contributed by atoms with van der Waals surface area (Å²) in [4.78, 5) is 2.36. The molecule has 16 heavy (non-hydrogen) atoms. The fourth-order valence-corrected chi connectivity index (χ4v) is 2.04. The second-order valence-corrected chi connectivity index (χ2v) is 4.26. The minimum atomic E-state index is -0.342. The van der Waals surface area contributed by atoms with Crippen molar-refractivity contribution in [2.75, 3.05) is 39.4 Å². The SMILES string of the molecule is CCN(CC)CCNC1(C#N)CCOCC1. The minimum absolute atomic E-state index is 0.342. The Bertz CT molecular complexity index is 227. The first-order chi connectivity index (χ1) is 7.76. The van der Waals surface area contributed by atoms with Crippen LogP contribution in [0.3, 0.4) is 0 Å². The first-order valence-corrected chi connectivity index (χ1v) is 6.22. The van der Waals surface area contributed by atoms with Gasteiger partial charge in [-0.25, -0.2) is 0 Å². The van der Waals surface area contributed by atoms with E-state index in [4.69, 9.17) is 4.74 Å². The molecule has 0 amide bonds. The lowest BCUT2D eigenvalue weighted by Gasteiger charge is -2.32. The summed E-state index contributed by atoms with van der Waals surface area (Å²) < 4.78 is 5.29. The maximum Gasteiger partial charge on any atom is 0.111 e. The van der Waals surface area contributed by atoms with Crippen molar-refractivity contribution in [3.05, 3.63) is 0 Å². The molecule has 1 aliphatic heterocycles. The Morgan fingerprint density at radius 2 is 1.94 bits per heavy atom. The molecular weight excluding hydrogens is 202 g/mol. The average molecular weight is 225 g/mol. The number of hydrogen-bond donors (Lipinski definition) is 1. The highest BCUT2D eigenvalue weighted by Gasteiger charge is 2.31. The van der Waals surface area contributed by atoms with Gasteiger partial charge in [0.05, 0.1) is 6.07 Å². The van der Waals surface area contributed by atoms with E-state index in [0.717, 1.165) is 39.0 Å². The molecule has 0 aromatic rings. The van der Waals surface area contributed by atoms with Crippen LogP contribution in [0.25, 0.3) is 0 Å². The van der Waals surface area contributed by atoms with Crippen LogP contribution >= 0.6 is 0 Å². The normalized spacial score (nSPS) is 19.6. The van der Waals surface area contributed by atoms with Crippen LogP contribution in [0.4, 0.5) is 0 Å². The summed E-state index contributed by atoms with van der Waals surface area (Å²) in [5.41, 5.74) is -0.342. The van der Waals surface area contributed by atoms with Gasteiger partial charge in [-0.1, -0.05) is 13.8 Å². The molecule has 1 rings (SSSR count). The van der Waals surface area contributed by atoms with Crippen molar-refractivity contribution in [2.24, 2.45) is 0 Å². The van der Waals surface area contributed by atoms with Gasteiger partial charge in [-0.05, 0) is 13.1 Å². The lowest BCUT2D eigenvalue weighted by Crippen LogP contribution is -2.50. The zero-order valence-electron chi connectivity index (χ0n) is 10.5. The van der Waals surface area contributed by atoms with Gasteiger partial charge in [0.25, 0.3) is 0 Å². The number of nitriles is 1. The van der Waals surface area contributed by atoms with Crippen LogP contribution in [-0.2, 0) is 4.74 Å². The summed E-state index contributed by atoms with van der Waals surface area (Å²) in [7, 11) is 0. The summed E-state index contributed by atoms with van der Waals surface area (Å²) >= 11 is 0. The number of hydrogen-bond acceptors (Lipinski definition) is 4. The molecule has 0 unspecified atom stereocenters. The van der Waals surface area contributed by atoms with Crippen LogP contribution in [0.1, 0.15) is 26.7 Å². The topological polar surface area (TPSA) is 48.3 Å². The quantitative estimate of drug-likeness (QED) is 0.732. The second kappa shape index (κ2) is 6.85. The molecule has 0 saturated carbocycles. The van der Waals surface area contributed by atoms with Crippen LogP contribution < -0.4 is 5.32 Å². The zero-order chi connectivity index (χ0) is 11.9. The predicted octanol–water partition coefficient (Wildman–Crippen LogP) is 0.991. The molecule has 4 nitrogen and oxygen atoms in total. The fourth-order valence-electron chi connectivity index (χ4n) is 2.04. The molecule has 0 spiro atoms. The van der Waals surface area contributed by atoms with Gasteiger partial charge in [-0.15, -0.1) is 0 Å². The van der Waals surface area contributed by atoms with E-state index in [1.807, 2.05) is 0 Å². The third kappa shape index (κ3) is 3.75. The number of rotatable bonds is 6. The largest absolute Gasteiger partial charge is 0.381 e. The molecular formula is C12H23N3O. The maximum absolute atomic E-state index is 9.24. The van der Waals surface area contributed by atoms with Gasteiger partial charge in [0.15, 0.2) is 0 Å². The Morgan fingerprint density at radius 3 is 2.44 bits per heavy atom. The molecule has 0 aliphatic carbocycles. The van der Waals surface area contributed by atoms with Crippen LogP contribution in [0.15, 0.2) is 0 Å². The monoisotopic (exact) mass is 225 g/mol. The van der Waals surface area contributed by atoms with E-state index < -0.39 is 0 Å². The number of likely N-dealkylation sites (N-methyl/N-ethyl adjacent to an activating group) is 1. The van der Waals surface area contributed by atoms with Crippen molar-refractivity contribution < 1.29 is 4.74 Å². The minimum Gasteiger partial charge on any atom is -0.381 e. The maximum atomic E-state index is 9.24. The molecule has 4 heteroatoms. The van der Waals surface area contributed by atoms with E-state index in [1.165, 1.54) is 0 Å². The molecule has 1 saturated heterocycles. The van der Waals surface area contributed by atoms with Crippen molar-refractivity contribution >= 4 is 0 Å². The Balaban J connectivity index is 2.31. The molecule has 1 fully saturated rings. The van der Waals surface area contributed by atoms with E-state index in [0.29, 0.717) is 13.2 Å². The Morgan fingerprint density at radius 1 is 1.31 bits per heavy atom. The Labute approximate surface area is 98.6 Å². The Hall–Kier alpha value is -0.630.